The van der Waals surface area contributed by atoms with Crippen LogP contribution in [-0.4, -0.2) is 38.8 Å². The minimum absolute atomic E-state index is 0.0496. The molecular formula is C25H37NO4. The van der Waals surface area contributed by atoms with Crippen molar-refractivity contribution in [1.82, 2.24) is 0 Å². The minimum atomic E-state index is -0.0496. The highest BCUT2D eigenvalue weighted by Gasteiger charge is 2.18. The van der Waals surface area contributed by atoms with E-state index in [1.54, 1.807) is 20.3 Å². The fourth-order valence-electron chi connectivity index (χ4n) is 2.67. The molecule has 5 heteroatoms. The zero-order valence-corrected chi connectivity index (χ0v) is 19.5. The van der Waals surface area contributed by atoms with E-state index >= 15 is 0 Å². The molecule has 0 atom stereocenters. The lowest BCUT2D eigenvalue weighted by Gasteiger charge is -2.16. The van der Waals surface area contributed by atoms with Gasteiger partial charge in [0.25, 0.3) is 0 Å². The van der Waals surface area contributed by atoms with E-state index in [4.69, 9.17) is 14.6 Å². The Labute approximate surface area is 181 Å². The number of hydrogen-bond acceptors (Lipinski definition) is 5. The van der Waals surface area contributed by atoms with Gasteiger partial charge in [0.2, 0.25) is 0 Å². The molecule has 0 unspecified atom stereocenters. The van der Waals surface area contributed by atoms with E-state index < -0.39 is 0 Å². The fourth-order valence-corrected chi connectivity index (χ4v) is 2.67. The Kier molecular flexibility index (Phi) is 13.7. The summed E-state index contributed by atoms with van der Waals surface area (Å²) in [6.45, 7) is 12.7. The molecule has 0 aliphatic carbocycles. The predicted octanol–water partition coefficient (Wildman–Crippen LogP) is 5.51. The van der Waals surface area contributed by atoms with Crippen LogP contribution in [0.4, 0.5) is 5.69 Å². The molecule has 0 radical (unpaired) electrons. The van der Waals surface area contributed by atoms with E-state index in [1.165, 1.54) is 5.56 Å². The second-order valence-corrected chi connectivity index (χ2v) is 6.27. The average Bonchev–Trinajstić information content (AvgIpc) is 2.80. The molecule has 0 heterocycles. The number of aryl methyl sites for hydroxylation is 1. The number of methoxy groups -OCH3 is 2. The van der Waals surface area contributed by atoms with E-state index in [2.05, 4.69) is 18.8 Å². The maximum atomic E-state index is 13.1. The lowest BCUT2D eigenvalue weighted by atomic mass is 9.99. The van der Waals surface area contributed by atoms with Gasteiger partial charge in [0.05, 0.1) is 14.2 Å². The lowest BCUT2D eigenvalue weighted by molar-refractivity contribution is 0.103. The van der Waals surface area contributed by atoms with E-state index in [-0.39, 0.29) is 5.78 Å². The zero-order valence-electron chi connectivity index (χ0n) is 19.5. The highest BCUT2D eigenvalue weighted by molar-refractivity contribution is 6.12. The molecule has 0 saturated carbocycles. The molecular weight excluding hydrogens is 378 g/mol. The van der Waals surface area contributed by atoms with Crippen LogP contribution >= 0.6 is 0 Å². The average molecular weight is 416 g/mol. The monoisotopic (exact) mass is 415 g/mol. The van der Waals surface area contributed by atoms with Gasteiger partial charge in [-0.2, -0.15) is 0 Å². The molecule has 2 aromatic rings. The van der Waals surface area contributed by atoms with Crippen LogP contribution in [0.15, 0.2) is 48.6 Å². The van der Waals surface area contributed by atoms with Crippen LogP contribution in [0, 0.1) is 0 Å². The highest BCUT2D eigenvalue weighted by Crippen LogP contribution is 2.34. The smallest absolute Gasteiger partial charge is 0.195 e. The topological polar surface area (TPSA) is 67.8 Å². The molecule has 2 aromatic carbocycles. The van der Waals surface area contributed by atoms with Gasteiger partial charge in [0, 0.05) is 36.5 Å². The number of aliphatic hydroxyl groups is 1. The summed E-state index contributed by atoms with van der Waals surface area (Å²) in [4.78, 5) is 13.1. The van der Waals surface area contributed by atoms with Crippen molar-refractivity contribution in [3.05, 3.63) is 65.2 Å². The van der Waals surface area contributed by atoms with Crippen molar-refractivity contribution < 1.29 is 19.4 Å². The molecule has 0 saturated heterocycles. The van der Waals surface area contributed by atoms with Crippen molar-refractivity contribution in [3.63, 3.8) is 0 Å². The Morgan fingerprint density at radius 1 is 1.03 bits per heavy atom. The summed E-state index contributed by atoms with van der Waals surface area (Å²) in [6, 6.07) is 11.3. The van der Waals surface area contributed by atoms with Crippen LogP contribution in [0.3, 0.4) is 0 Å². The van der Waals surface area contributed by atoms with Gasteiger partial charge in [-0.15, -0.1) is 6.58 Å². The number of anilines is 1. The first-order chi connectivity index (χ1) is 14.5. The first-order valence-corrected chi connectivity index (χ1v) is 10.2. The number of ether oxygens (including phenoxy) is 2. The molecule has 2 N–H and O–H groups in total. The minimum Gasteiger partial charge on any atom is -0.493 e. The molecule has 0 amide bonds. The number of rotatable bonds is 9. The van der Waals surface area contributed by atoms with Crippen molar-refractivity contribution in [3.8, 4) is 11.5 Å². The first kappa shape index (κ1) is 27.2. The van der Waals surface area contributed by atoms with Crippen LogP contribution in [0.25, 0.3) is 0 Å². The molecule has 0 aromatic heterocycles. The van der Waals surface area contributed by atoms with Crippen molar-refractivity contribution >= 4 is 11.5 Å². The number of hydrogen-bond donors (Lipinski definition) is 2. The number of carbonyl (C=O) groups excluding carboxylic acids is 1. The van der Waals surface area contributed by atoms with Gasteiger partial charge in [0.1, 0.15) is 0 Å². The largest absolute Gasteiger partial charge is 0.493 e. The van der Waals surface area contributed by atoms with Gasteiger partial charge < -0.3 is 19.9 Å². The number of nitrogens with one attached hydrogen (secondary N) is 1. The molecule has 0 fully saturated rings. The summed E-state index contributed by atoms with van der Waals surface area (Å²) in [6.07, 6.45) is 1.77. The van der Waals surface area contributed by atoms with Crippen LogP contribution in [-0.2, 0) is 6.42 Å². The van der Waals surface area contributed by atoms with Crippen molar-refractivity contribution in [2.45, 2.75) is 40.5 Å². The Morgan fingerprint density at radius 3 is 2.03 bits per heavy atom. The van der Waals surface area contributed by atoms with E-state index in [9.17, 15) is 4.79 Å². The van der Waals surface area contributed by atoms with Gasteiger partial charge in [-0.3, -0.25) is 4.79 Å². The number of carbonyl (C=O) groups is 1. The molecule has 5 nitrogen and oxygen atoms in total. The second kappa shape index (κ2) is 15.1. The van der Waals surface area contributed by atoms with Gasteiger partial charge in [-0.25, -0.2) is 0 Å². The molecule has 30 heavy (non-hydrogen) atoms. The standard InChI is InChI=1S/C22H27NO3.C2H6.CH4O/c1-6-16-7-9-17(10-8-16)22(24)18-13-20(25-4)21(26-5)14-19(18)23-12-11-15(2)3;2*1-2/h7-10,13-14,23H,2,6,11-12H2,1,3-5H3;1-2H3;2H,1H3. The molecule has 166 valence electrons. The summed E-state index contributed by atoms with van der Waals surface area (Å²) in [5.74, 6) is 1.07. The third-order valence-corrected chi connectivity index (χ3v) is 4.26. The highest BCUT2D eigenvalue weighted by atomic mass is 16.5. The summed E-state index contributed by atoms with van der Waals surface area (Å²) in [5, 5.41) is 10.3. The quantitative estimate of drug-likeness (QED) is 0.417. The SMILES string of the molecule is C=C(C)CCNc1cc(OC)c(OC)cc1C(=O)c1ccc(CC)cc1.CC.CO. The van der Waals surface area contributed by atoms with Crippen molar-refractivity contribution in [1.29, 1.82) is 0 Å². The van der Waals surface area contributed by atoms with Crippen LogP contribution < -0.4 is 14.8 Å². The van der Waals surface area contributed by atoms with E-state index in [1.807, 2.05) is 51.1 Å². The Balaban J connectivity index is 0.00000198. The maximum absolute atomic E-state index is 13.1. The van der Waals surface area contributed by atoms with E-state index in [0.717, 1.165) is 31.2 Å². The van der Waals surface area contributed by atoms with Crippen LogP contribution in [0.2, 0.25) is 0 Å². The Hall–Kier alpha value is -2.79. The lowest BCUT2D eigenvalue weighted by Crippen LogP contribution is -2.10. The number of benzene rings is 2. The molecule has 0 bridgehead atoms. The molecule has 0 spiro atoms. The third-order valence-electron chi connectivity index (χ3n) is 4.26. The van der Waals surface area contributed by atoms with Gasteiger partial charge in [-0.1, -0.05) is 50.6 Å². The zero-order chi connectivity index (χ0) is 23.1. The van der Waals surface area contributed by atoms with Crippen molar-refractivity contribution in [2.24, 2.45) is 0 Å². The fraction of sp³-hybridized carbons (Fsp3) is 0.400. The van der Waals surface area contributed by atoms with Gasteiger partial charge >= 0.3 is 0 Å². The van der Waals surface area contributed by atoms with Crippen molar-refractivity contribution in [2.75, 3.05) is 33.2 Å². The van der Waals surface area contributed by atoms with E-state index in [0.29, 0.717) is 29.2 Å². The molecule has 0 aliphatic heterocycles. The molecule has 2 rings (SSSR count). The Morgan fingerprint density at radius 2 is 1.57 bits per heavy atom. The summed E-state index contributed by atoms with van der Waals surface area (Å²) in [7, 11) is 4.15. The first-order valence-electron chi connectivity index (χ1n) is 10.2. The number of aliphatic hydroxyl groups excluding tert-OH is 1. The van der Waals surface area contributed by atoms with Crippen LogP contribution in [0.5, 0.6) is 11.5 Å². The summed E-state index contributed by atoms with van der Waals surface area (Å²) in [5.41, 5.74) is 4.23. The van der Waals surface area contributed by atoms with Crippen LogP contribution in [0.1, 0.15) is 55.6 Å². The maximum Gasteiger partial charge on any atom is 0.195 e. The van der Waals surface area contributed by atoms with Gasteiger partial charge in [-0.05, 0) is 31.4 Å². The third kappa shape index (κ3) is 7.91. The summed E-state index contributed by atoms with van der Waals surface area (Å²) >= 11 is 0. The Bertz CT molecular complexity index is 782. The second-order valence-electron chi connectivity index (χ2n) is 6.27. The normalized spacial score (nSPS) is 9.33. The molecule has 0 aliphatic rings. The van der Waals surface area contributed by atoms with Gasteiger partial charge in [0.15, 0.2) is 17.3 Å². The summed E-state index contributed by atoms with van der Waals surface area (Å²) < 4.78 is 10.8. The number of ketones is 1. The predicted molar refractivity (Wildman–Crippen MR) is 126 cm³/mol.